The molecule has 2 amide bonds. The Bertz CT molecular complexity index is 664. The molecule has 1 unspecified atom stereocenters. The van der Waals surface area contributed by atoms with Gasteiger partial charge in [0.1, 0.15) is 21.2 Å². The summed E-state index contributed by atoms with van der Waals surface area (Å²) >= 11 is 0. The van der Waals surface area contributed by atoms with Gasteiger partial charge in [0.05, 0.1) is 0 Å². The molecule has 1 aliphatic carbocycles. The predicted octanol–water partition coefficient (Wildman–Crippen LogP) is -3.89. The second kappa shape index (κ2) is 5.78. The average molecular weight is 307 g/mol. The van der Waals surface area contributed by atoms with Crippen molar-refractivity contribution in [1.82, 2.24) is 4.90 Å². The van der Waals surface area contributed by atoms with Crippen molar-refractivity contribution in [2.75, 3.05) is 7.05 Å². The Hall–Kier alpha value is -1.000. The van der Waals surface area contributed by atoms with E-state index >= 15 is 0 Å². The molecule has 2 rings (SSSR count). The molecular formula is C10H10N3NaO5S. The molecule has 1 aliphatic heterocycles. The van der Waals surface area contributed by atoms with Crippen LogP contribution >= 0.6 is 0 Å². The van der Waals surface area contributed by atoms with Crippen LogP contribution < -0.4 is 35.3 Å². The first-order chi connectivity index (χ1) is 8.70. The largest absolute Gasteiger partial charge is 1.00 e. The van der Waals surface area contributed by atoms with Crippen LogP contribution in [0.4, 0.5) is 4.79 Å². The summed E-state index contributed by atoms with van der Waals surface area (Å²) in [5.74, 6) is -0.562. The summed E-state index contributed by atoms with van der Waals surface area (Å²) < 4.78 is 33.3. The monoisotopic (exact) mass is 307 g/mol. The summed E-state index contributed by atoms with van der Waals surface area (Å²) in [5.41, 5.74) is 5.51. The van der Waals surface area contributed by atoms with Gasteiger partial charge >= 0.3 is 35.6 Å². The van der Waals surface area contributed by atoms with Gasteiger partial charge in [-0.15, -0.1) is 0 Å². The van der Waals surface area contributed by atoms with Crippen molar-refractivity contribution in [1.29, 1.82) is 0 Å². The third-order valence-electron chi connectivity index (χ3n) is 2.93. The van der Waals surface area contributed by atoms with Crippen LogP contribution in [0.2, 0.25) is 0 Å². The second-order valence-electron chi connectivity index (χ2n) is 4.16. The van der Waals surface area contributed by atoms with E-state index in [-0.39, 0.29) is 41.7 Å². The van der Waals surface area contributed by atoms with Crippen molar-refractivity contribution < 1.29 is 52.1 Å². The molecule has 20 heavy (non-hydrogen) atoms. The van der Waals surface area contributed by atoms with Crippen LogP contribution in [-0.4, -0.2) is 47.8 Å². The number of primary amides is 1. The zero-order valence-corrected chi connectivity index (χ0v) is 13.7. The molecule has 1 heterocycles. The summed E-state index contributed by atoms with van der Waals surface area (Å²) in [7, 11) is -3.10. The summed E-state index contributed by atoms with van der Waals surface area (Å²) in [4.78, 5) is 26.9. The number of likely N-dealkylation sites (tertiary alicyclic amines) is 1. The molecule has 8 nitrogen and oxygen atoms in total. The third kappa shape index (κ3) is 3.18. The molecular weight excluding hydrogens is 297 g/mol. The van der Waals surface area contributed by atoms with Crippen LogP contribution in [0.5, 0.6) is 0 Å². The van der Waals surface area contributed by atoms with E-state index in [4.69, 9.17) is 5.73 Å². The number of nitrogens with zero attached hydrogens (tertiary/aromatic N) is 2. The molecule has 102 valence electrons. The smallest absolute Gasteiger partial charge is 0.746 e. The predicted molar refractivity (Wildman–Crippen MR) is 64.1 cm³/mol. The fourth-order valence-corrected chi connectivity index (χ4v) is 2.96. The minimum absolute atomic E-state index is 0. The van der Waals surface area contributed by atoms with E-state index in [2.05, 4.69) is 4.99 Å². The maximum absolute atomic E-state index is 11.7. The maximum atomic E-state index is 11.7. The van der Waals surface area contributed by atoms with Crippen molar-refractivity contribution in [3.8, 4) is 0 Å². The second-order valence-corrected chi connectivity index (χ2v) is 5.69. The van der Waals surface area contributed by atoms with Crippen LogP contribution in [0.1, 0.15) is 6.42 Å². The molecule has 1 fully saturated rings. The first-order valence-corrected chi connectivity index (χ1v) is 6.70. The third-order valence-corrected chi connectivity index (χ3v) is 4.08. The summed E-state index contributed by atoms with van der Waals surface area (Å²) in [5, 5.41) is -1.26. The Balaban J connectivity index is 0.00000200. The molecule has 2 aliphatic rings. The minimum Gasteiger partial charge on any atom is -0.746 e. The van der Waals surface area contributed by atoms with Crippen LogP contribution in [0.25, 0.3) is 0 Å². The molecule has 0 aromatic carbocycles. The van der Waals surface area contributed by atoms with Gasteiger partial charge in [0.25, 0.3) is 0 Å². The molecule has 2 N–H and O–H groups in total. The van der Waals surface area contributed by atoms with Crippen LogP contribution in [0, 0.1) is 0 Å². The van der Waals surface area contributed by atoms with Crippen molar-refractivity contribution in [2.24, 2.45) is 10.7 Å². The van der Waals surface area contributed by atoms with Crippen molar-refractivity contribution in [3.63, 3.8) is 0 Å². The molecule has 0 aromatic rings. The number of allylic oxidation sites excluding steroid dienone is 3. The zero-order chi connectivity index (χ0) is 14.4. The van der Waals surface area contributed by atoms with E-state index in [0.29, 0.717) is 11.3 Å². The van der Waals surface area contributed by atoms with Gasteiger partial charge in [-0.2, -0.15) is 4.99 Å². The molecule has 0 spiro atoms. The summed E-state index contributed by atoms with van der Waals surface area (Å²) in [6, 6.07) is -1.02. The van der Waals surface area contributed by atoms with Crippen LogP contribution in [0.15, 0.2) is 28.4 Å². The standard InChI is InChI=1S/C10H11N3O5S.Na/c1-13-7-4-8(14)6(12-10(11)15)2-5(7)3-9(13)19(16,17)18;/h2,4,9H,3H2,1H3,(H2,11,15)(H,16,17,18);/q;+1/p-1/b12-6+;. The van der Waals surface area contributed by atoms with Gasteiger partial charge in [-0.1, -0.05) is 0 Å². The molecule has 10 heteroatoms. The number of amides is 2. The van der Waals surface area contributed by atoms with Crippen LogP contribution in [0.3, 0.4) is 0 Å². The Morgan fingerprint density at radius 3 is 2.60 bits per heavy atom. The van der Waals surface area contributed by atoms with E-state index in [1.54, 1.807) is 0 Å². The number of aliphatic imine (C=N–C) groups is 1. The number of carbonyl (C=O) groups is 2. The SMILES string of the molecule is CN1C2=CC(=O)/C(=N/C(N)=O)C=C2CC1S(=O)(=O)[O-].[Na+]. The van der Waals surface area contributed by atoms with E-state index in [1.165, 1.54) is 18.0 Å². The van der Waals surface area contributed by atoms with Gasteiger partial charge in [0, 0.05) is 25.2 Å². The van der Waals surface area contributed by atoms with Gasteiger partial charge in [-0.05, 0) is 11.6 Å². The molecule has 0 aromatic heterocycles. The number of urea groups is 1. The van der Waals surface area contributed by atoms with Gasteiger partial charge < -0.3 is 15.2 Å². The average Bonchev–Trinajstić information content (AvgIpc) is 2.56. The Kier molecular flexibility index (Phi) is 4.93. The molecule has 1 saturated heterocycles. The normalized spacial score (nSPS) is 23.9. The van der Waals surface area contributed by atoms with Crippen molar-refractivity contribution in [2.45, 2.75) is 11.8 Å². The Labute approximate surface area is 137 Å². The van der Waals surface area contributed by atoms with Gasteiger partial charge in [0.15, 0.2) is 0 Å². The molecule has 0 bridgehead atoms. The number of hydrogen-bond acceptors (Lipinski definition) is 6. The first-order valence-electron chi connectivity index (χ1n) is 5.23. The van der Waals surface area contributed by atoms with E-state index in [0.717, 1.165) is 6.08 Å². The molecule has 0 saturated carbocycles. The topological polar surface area (TPSA) is 133 Å². The van der Waals surface area contributed by atoms with Crippen LogP contribution in [-0.2, 0) is 14.9 Å². The quantitative estimate of drug-likeness (QED) is 0.299. The van der Waals surface area contributed by atoms with Crippen molar-refractivity contribution in [3.05, 3.63) is 23.4 Å². The van der Waals surface area contributed by atoms with Gasteiger partial charge in [-0.25, -0.2) is 13.2 Å². The number of rotatable bonds is 1. The minimum atomic E-state index is -4.52. The number of nitrogens with two attached hydrogens (primary N) is 1. The fourth-order valence-electron chi connectivity index (χ4n) is 2.07. The number of fused-ring (bicyclic) bond motifs is 1. The van der Waals surface area contributed by atoms with E-state index in [9.17, 15) is 22.6 Å². The Morgan fingerprint density at radius 2 is 2.10 bits per heavy atom. The number of ketones is 1. The van der Waals surface area contributed by atoms with Gasteiger partial charge in [-0.3, -0.25) is 4.79 Å². The number of likely N-dealkylation sites (N-methyl/N-ethyl adjacent to an activating group) is 1. The Morgan fingerprint density at radius 1 is 1.50 bits per heavy atom. The van der Waals surface area contributed by atoms with Crippen molar-refractivity contribution >= 4 is 27.6 Å². The summed E-state index contributed by atoms with van der Waals surface area (Å²) in [6.45, 7) is 0. The van der Waals surface area contributed by atoms with Gasteiger partial charge in [0.2, 0.25) is 5.78 Å². The maximum Gasteiger partial charge on any atom is 1.00 e. The first kappa shape index (κ1) is 17.1. The fraction of sp³-hybridized carbons (Fsp3) is 0.300. The zero-order valence-electron chi connectivity index (χ0n) is 10.9. The molecule has 1 atom stereocenters. The van der Waals surface area contributed by atoms with E-state index in [1.807, 2.05) is 0 Å². The number of hydrogen-bond donors (Lipinski definition) is 1. The van der Waals surface area contributed by atoms with E-state index < -0.39 is 27.3 Å². The summed E-state index contributed by atoms with van der Waals surface area (Å²) in [6.07, 6.45) is 2.37. The number of carbonyl (C=O) groups excluding carboxylic acids is 2. The molecule has 0 radical (unpaired) electrons.